The fourth-order valence-corrected chi connectivity index (χ4v) is 2.55. The third kappa shape index (κ3) is 3.51. The highest BCUT2D eigenvalue weighted by Crippen LogP contribution is 2.28. The standard InChI is InChI=1S/C15H19N3O3.ClH/c1-19-12-6-5-10(8-13(12)20-2)9-14-17-15(21-18-14)11-4-3-7-16-11;/h5-6,8,11,16H,3-4,7,9H2,1-2H3;1H/t11-;/m0./s1. The van der Waals surface area contributed by atoms with Crippen molar-refractivity contribution < 1.29 is 14.0 Å². The van der Waals surface area contributed by atoms with Gasteiger partial charge in [0.1, 0.15) is 0 Å². The van der Waals surface area contributed by atoms with E-state index in [1.807, 2.05) is 18.2 Å². The Morgan fingerprint density at radius 2 is 2.09 bits per heavy atom. The van der Waals surface area contributed by atoms with E-state index < -0.39 is 0 Å². The van der Waals surface area contributed by atoms with Gasteiger partial charge in [-0.15, -0.1) is 12.4 Å². The minimum atomic E-state index is 0. The Bertz CT molecular complexity index is 612. The molecule has 0 radical (unpaired) electrons. The van der Waals surface area contributed by atoms with Crippen LogP contribution in [0.25, 0.3) is 0 Å². The van der Waals surface area contributed by atoms with Gasteiger partial charge in [0, 0.05) is 6.42 Å². The van der Waals surface area contributed by atoms with E-state index in [-0.39, 0.29) is 18.4 Å². The van der Waals surface area contributed by atoms with Crippen LogP contribution < -0.4 is 14.8 Å². The van der Waals surface area contributed by atoms with E-state index in [2.05, 4.69) is 15.5 Å². The number of methoxy groups -OCH3 is 2. The third-order valence-electron chi connectivity index (χ3n) is 3.65. The smallest absolute Gasteiger partial charge is 0.243 e. The van der Waals surface area contributed by atoms with Crippen LogP contribution in [-0.2, 0) is 6.42 Å². The molecule has 0 spiro atoms. The van der Waals surface area contributed by atoms with E-state index in [4.69, 9.17) is 14.0 Å². The summed E-state index contributed by atoms with van der Waals surface area (Å²) in [5.41, 5.74) is 1.05. The van der Waals surface area contributed by atoms with Crippen molar-refractivity contribution in [1.29, 1.82) is 0 Å². The first-order valence-electron chi connectivity index (χ1n) is 7.07. The van der Waals surface area contributed by atoms with Gasteiger partial charge in [-0.2, -0.15) is 4.98 Å². The van der Waals surface area contributed by atoms with E-state index in [0.29, 0.717) is 29.6 Å². The molecule has 2 heterocycles. The van der Waals surface area contributed by atoms with Crippen molar-refractivity contribution in [3.05, 3.63) is 35.5 Å². The minimum absolute atomic E-state index is 0. The summed E-state index contributed by atoms with van der Waals surface area (Å²) in [4.78, 5) is 4.47. The maximum atomic E-state index is 5.34. The van der Waals surface area contributed by atoms with Crippen LogP contribution in [0.3, 0.4) is 0 Å². The van der Waals surface area contributed by atoms with Crippen molar-refractivity contribution in [2.75, 3.05) is 20.8 Å². The summed E-state index contributed by atoms with van der Waals surface area (Å²) in [5.74, 6) is 2.79. The van der Waals surface area contributed by atoms with Gasteiger partial charge in [0.2, 0.25) is 5.89 Å². The summed E-state index contributed by atoms with van der Waals surface area (Å²) in [6, 6.07) is 6.00. The molecular formula is C15H20ClN3O3. The van der Waals surface area contributed by atoms with Gasteiger partial charge < -0.3 is 19.3 Å². The summed E-state index contributed by atoms with van der Waals surface area (Å²) in [5, 5.41) is 7.41. The average molecular weight is 326 g/mol. The maximum Gasteiger partial charge on any atom is 0.243 e. The van der Waals surface area contributed by atoms with E-state index in [1.54, 1.807) is 14.2 Å². The lowest BCUT2D eigenvalue weighted by atomic mass is 10.1. The SMILES string of the molecule is COc1ccc(Cc2noc([C@@H]3CCCN3)n2)cc1OC.Cl. The van der Waals surface area contributed by atoms with Crippen molar-refractivity contribution in [2.45, 2.75) is 25.3 Å². The Morgan fingerprint density at radius 1 is 1.27 bits per heavy atom. The predicted molar refractivity (Wildman–Crippen MR) is 83.9 cm³/mol. The highest BCUT2D eigenvalue weighted by molar-refractivity contribution is 5.85. The van der Waals surface area contributed by atoms with Gasteiger partial charge in [-0.1, -0.05) is 11.2 Å². The molecule has 2 aromatic rings. The average Bonchev–Trinajstić information content (AvgIpc) is 3.17. The van der Waals surface area contributed by atoms with Gasteiger partial charge >= 0.3 is 0 Å². The van der Waals surface area contributed by atoms with Gasteiger partial charge in [0.05, 0.1) is 20.3 Å². The zero-order chi connectivity index (χ0) is 14.7. The van der Waals surface area contributed by atoms with E-state index in [0.717, 1.165) is 24.9 Å². The first-order valence-corrected chi connectivity index (χ1v) is 7.07. The van der Waals surface area contributed by atoms with Crippen LogP contribution in [0.1, 0.15) is 36.2 Å². The lowest BCUT2D eigenvalue weighted by Gasteiger charge is -2.08. The molecular weight excluding hydrogens is 306 g/mol. The van der Waals surface area contributed by atoms with Crippen LogP contribution >= 0.6 is 12.4 Å². The fourth-order valence-electron chi connectivity index (χ4n) is 2.55. The van der Waals surface area contributed by atoms with Crippen LogP contribution in [0.4, 0.5) is 0 Å². The molecule has 0 unspecified atom stereocenters. The lowest BCUT2D eigenvalue weighted by Crippen LogP contribution is -2.13. The van der Waals surface area contributed by atoms with Gasteiger partial charge in [-0.05, 0) is 37.1 Å². The first kappa shape index (κ1) is 16.6. The monoisotopic (exact) mass is 325 g/mol. The molecule has 1 N–H and O–H groups in total. The lowest BCUT2D eigenvalue weighted by molar-refractivity contribution is 0.341. The van der Waals surface area contributed by atoms with Crippen molar-refractivity contribution >= 4 is 12.4 Å². The topological polar surface area (TPSA) is 69.4 Å². The van der Waals surface area contributed by atoms with Crippen molar-refractivity contribution in [1.82, 2.24) is 15.5 Å². The quantitative estimate of drug-likeness (QED) is 0.911. The largest absolute Gasteiger partial charge is 0.493 e. The van der Waals surface area contributed by atoms with Gasteiger partial charge in [-0.25, -0.2) is 0 Å². The van der Waals surface area contributed by atoms with E-state index >= 15 is 0 Å². The number of benzene rings is 1. The molecule has 1 atom stereocenters. The van der Waals surface area contributed by atoms with Crippen LogP contribution in [-0.4, -0.2) is 30.9 Å². The molecule has 1 aromatic heterocycles. The second-order valence-corrected chi connectivity index (χ2v) is 5.06. The van der Waals surface area contributed by atoms with E-state index in [9.17, 15) is 0 Å². The molecule has 0 amide bonds. The zero-order valence-corrected chi connectivity index (χ0v) is 13.5. The predicted octanol–water partition coefficient (Wildman–Crippen LogP) is 2.52. The number of aromatic nitrogens is 2. The number of nitrogens with one attached hydrogen (secondary N) is 1. The molecule has 0 saturated carbocycles. The molecule has 1 aromatic carbocycles. The Kier molecular flexibility index (Phi) is 5.63. The Balaban J connectivity index is 0.00000176. The molecule has 1 aliphatic heterocycles. The molecule has 0 bridgehead atoms. The third-order valence-corrected chi connectivity index (χ3v) is 3.65. The normalized spacial score (nSPS) is 17.1. The Morgan fingerprint density at radius 3 is 2.77 bits per heavy atom. The summed E-state index contributed by atoms with van der Waals surface area (Å²) < 4.78 is 15.9. The molecule has 7 heteroatoms. The van der Waals surface area contributed by atoms with E-state index in [1.165, 1.54) is 0 Å². The first-order chi connectivity index (χ1) is 10.3. The fraction of sp³-hybridized carbons (Fsp3) is 0.467. The summed E-state index contributed by atoms with van der Waals surface area (Å²) in [7, 11) is 3.25. The molecule has 1 aliphatic rings. The van der Waals surface area contributed by atoms with Crippen LogP contribution in [0, 0.1) is 0 Å². The Hall–Kier alpha value is -1.79. The minimum Gasteiger partial charge on any atom is -0.493 e. The van der Waals surface area contributed by atoms with Crippen LogP contribution in [0.2, 0.25) is 0 Å². The second kappa shape index (κ2) is 7.47. The molecule has 22 heavy (non-hydrogen) atoms. The van der Waals surface area contributed by atoms with Gasteiger partial charge in [-0.3, -0.25) is 0 Å². The number of hydrogen-bond acceptors (Lipinski definition) is 6. The van der Waals surface area contributed by atoms with Crippen molar-refractivity contribution in [3.63, 3.8) is 0 Å². The molecule has 6 nitrogen and oxygen atoms in total. The maximum absolute atomic E-state index is 5.34. The van der Waals surface area contributed by atoms with Crippen molar-refractivity contribution in [2.24, 2.45) is 0 Å². The summed E-state index contributed by atoms with van der Waals surface area (Å²) >= 11 is 0. The van der Waals surface area contributed by atoms with Crippen molar-refractivity contribution in [3.8, 4) is 11.5 Å². The molecule has 0 aliphatic carbocycles. The summed E-state index contributed by atoms with van der Waals surface area (Å²) in [6.45, 7) is 1.01. The number of hydrogen-bond donors (Lipinski definition) is 1. The summed E-state index contributed by atoms with van der Waals surface area (Å²) in [6.07, 6.45) is 2.81. The second-order valence-electron chi connectivity index (χ2n) is 5.06. The highest BCUT2D eigenvalue weighted by Gasteiger charge is 2.22. The van der Waals surface area contributed by atoms with Crippen LogP contribution in [0.5, 0.6) is 11.5 Å². The number of ether oxygens (including phenoxy) is 2. The zero-order valence-electron chi connectivity index (χ0n) is 12.7. The number of rotatable bonds is 5. The molecule has 1 saturated heterocycles. The number of halogens is 1. The molecule has 120 valence electrons. The Labute approximate surface area is 135 Å². The van der Waals surface area contributed by atoms with Gasteiger partial charge in [0.25, 0.3) is 0 Å². The molecule has 1 fully saturated rings. The van der Waals surface area contributed by atoms with Crippen LogP contribution in [0.15, 0.2) is 22.7 Å². The highest BCUT2D eigenvalue weighted by atomic mass is 35.5. The number of nitrogens with zero attached hydrogens (tertiary/aromatic N) is 2. The molecule has 3 rings (SSSR count). The van der Waals surface area contributed by atoms with Gasteiger partial charge in [0.15, 0.2) is 17.3 Å².